The van der Waals surface area contributed by atoms with Crippen LogP contribution in [0.15, 0.2) is 11.4 Å². The number of nitrogens with one attached hydrogen (secondary N) is 1. The molecule has 2 saturated heterocycles. The molecule has 3 heterocycles. The number of ketones is 1. The molecule has 1 N–H and O–H groups in total. The summed E-state index contributed by atoms with van der Waals surface area (Å²) in [6.45, 7) is 4.68. The van der Waals surface area contributed by atoms with Gasteiger partial charge in [0.1, 0.15) is 0 Å². The number of carbonyl (C=O) groups excluding carboxylic acids is 3. The van der Waals surface area contributed by atoms with Gasteiger partial charge in [-0.15, -0.1) is 11.3 Å². The lowest BCUT2D eigenvalue weighted by molar-refractivity contribution is -0.121. The van der Waals surface area contributed by atoms with Gasteiger partial charge in [-0.25, -0.2) is 4.79 Å². The van der Waals surface area contributed by atoms with Crippen LogP contribution in [-0.4, -0.2) is 59.7 Å². The molecule has 25 heavy (non-hydrogen) atoms. The highest BCUT2D eigenvalue weighted by Gasteiger charge is 2.28. The fraction of sp³-hybridized carbons (Fsp3) is 0.611. The van der Waals surface area contributed by atoms with Gasteiger partial charge in [-0.3, -0.25) is 9.59 Å². The van der Waals surface area contributed by atoms with E-state index in [0.29, 0.717) is 24.4 Å². The maximum atomic E-state index is 12.4. The zero-order valence-electron chi connectivity index (χ0n) is 14.6. The molecule has 6 nitrogen and oxygen atoms in total. The van der Waals surface area contributed by atoms with Crippen molar-refractivity contribution in [1.82, 2.24) is 15.1 Å². The second-order valence-corrected chi connectivity index (χ2v) is 7.77. The van der Waals surface area contributed by atoms with E-state index in [9.17, 15) is 14.4 Å². The van der Waals surface area contributed by atoms with Crippen LogP contribution in [0, 0.1) is 0 Å². The minimum Gasteiger partial charge on any atom is -0.353 e. The Morgan fingerprint density at radius 1 is 1.12 bits per heavy atom. The third kappa shape index (κ3) is 4.60. The summed E-state index contributed by atoms with van der Waals surface area (Å²) in [4.78, 5) is 40.4. The number of piperidine rings is 1. The van der Waals surface area contributed by atoms with Gasteiger partial charge >= 0.3 is 6.03 Å². The first-order chi connectivity index (χ1) is 12.0. The molecule has 7 heteroatoms. The molecule has 2 aliphatic rings. The minimum atomic E-state index is -0.0165. The van der Waals surface area contributed by atoms with E-state index >= 15 is 0 Å². The van der Waals surface area contributed by atoms with E-state index in [1.165, 1.54) is 18.3 Å². The SMILES string of the molecule is CC(=O)c1cc(CC(=O)NC2CCN(C(=O)N3CCCC3)CC2)cs1. The Balaban J connectivity index is 1.42. The molecule has 0 aliphatic carbocycles. The van der Waals surface area contributed by atoms with E-state index in [4.69, 9.17) is 0 Å². The van der Waals surface area contributed by atoms with E-state index in [-0.39, 0.29) is 23.8 Å². The molecular weight excluding hydrogens is 338 g/mol. The molecule has 1 aromatic rings. The number of thiophene rings is 1. The van der Waals surface area contributed by atoms with E-state index in [1.807, 2.05) is 15.2 Å². The number of rotatable bonds is 4. The smallest absolute Gasteiger partial charge is 0.319 e. The normalized spacial score (nSPS) is 18.4. The first kappa shape index (κ1) is 17.9. The van der Waals surface area contributed by atoms with Crippen molar-refractivity contribution >= 4 is 29.1 Å². The van der Waals surface area contributed by atoms with E-state index in [1.54, 1.807) is 6.07 Å². The Kier molecular flexibility index (Phi) is 5.73. The summed E-state index contributed by atoms with van der Waals surface area (Å²) in [7, 11) is 0. The number of urea groups is 1. The number of Topliss-reactive ketones (excluding diaryl/α,β-unsaturated/α-hetero) is 1. The van der Waals surface area contributed by atoms with Crippen molar-refractivity contribution in [2.45, 2.75) is 45.1 Å². The van der Waals surface area contributed by atoms with Gasteiger partial charge in [0.2, 0.25) is 5.91 Å². The fourth-order valence-corrected chi connectivity index (χ4v) is 4.26. The maximum absolute atomic E-state index is 12.4. The number of nitrogens with zero attached hydrogens (tertiary/aromatic N) is 2. The fourth-order valence-electron chi connectivity index (χ4n) is 3.44. The summed E-state index contributed by atoms with van der Waals surface area (Å²) in [6.07, 6.45) is 4.11. The summed E-state index contributed by atoms with van der Waals surface area (Å²) in [5.74, 6) is 0.0175. The first-order valence-corrected chi connectivity index (χ1v) is 9.82. The molecule has 0 radical (unpaired) electrons. The molecule has 136 valence electrons. The van der Waals surface area contributed by atoms with Gasteiger partial charge in [0, 0.05) is 32.2 Å². The molecule has 0 spiro atoms. The standard InChI is InChI=1S/C18H25N3O3S/c1-13(22)16-10-14(12-25-16)11-17(23)19-15-4-8-21(9-5-15)18(24)20-6-2-3-7-20/h10,12,15H,2-9,11H2,1H3,(H,19,23). The Bertz CT molecular complexity index is 644. The highest BCUT2D eigenvalue weighted by Crippen LogP contribution is 2.18. The van der Waals surface area contributed by atoms with E-state index < -0.39 is 0 Å². The third-order valence-electron chi connectivity index (χ3n) is 4.87. The van der Waals surface area contributed by atoms with Crippen LogP contribution < -0.4 is 5.32 Å². The van der Waals surface area contributed by atoms with Crippen LogP contribution in [0.4, 0.5) is 4.79 Å². The molecule has 1 aromatic heterocycles. The molecule has 0 saturated carbocycles. The second-order valence-electron chi connectivity index (χ2n) is 6.86. The summed E-state index contributed by atoms with van der Waals surface area (Å²) >= 11 is 1.38. The highest BCUT2D eigenvalue weighted by atomic mass is 32.1. The summed E-state index contributed by atoms with van der Waals surface area (Å²) in [5.41, 5.74) is 0.884. The molecule has 0 bridgehead atoms. The van der Waals surface area contributed by atoms with Crippen LogP contribution in [0.5, 0.6) is 0 Å². The molecule has 2 aliphatic heterocycles. The number of amides is 3. The van der Waals surface area contributed by atoms with Crippen LogP contribution in [0.2, 0.25) is 0 Å². The van der Waals surface area contributed by atoms with Gasteiger partial charge < -0.3 is 15.1 Å². The van der Waals surface area contributed by atoms with Gasteiger partial charge in [0.15, 0.2) is 5.78 Å². The van der Waals surface area contributed by atoms with E-state index in [0.717, 1.165) is 44.3 Å². The zero-order valence-corrected chi connectivity index (χ0v) is 15.4. The van der Waals surface area contributed by atoms with Gasteiger partial charge in [0.05, 0.1) is 11.3 Å². The molecule has 0 aromatic carbocycles. The predicted octanol–water partition coefficient (Wildman–Crippen LogP) is 2.29. The van der Waals surface area contributed by atoms with Crippen molar-refractivity contribution in [3.63, 3.8) is 0 Å². The summed E-state index contributed by atoms with van der Waals surface area (Å²) < 4.78 is 0. The molecule has 2 fully saturated rings. The molecule has 3 amide bonds. The Morgan fingerprint density at radius 2 is 1.76 bits per heavy atom. The topological polar surface area (TPSA) is 69.7 Å². The van der Waals surface area contributed by atoms with Crippen molar-refractivity contribution in [3.05, 3.63) is 21.9 Å². The zero-order chi connectivity index (χ0) is 17.8. The van der Waals surface area contributed by atoms with Crippen molar-refractivity contribution in [2.75, 3.05) is 26.2 Å². The van der Waals surface area contributed by atoms with E-state index in [2.05, 4.69) is 5.32 Å². The Labute approximate surface area is 152 Å². The number of carbonyl (C=O) groups is 3. The number of likely N-dealkylation sites (tertiary alicyclic amines) is 2. The second kappa shape index (κ2) is 7.99. The average Bonchev–Trinajstić information content (AvgIpc) is 3.26. The Hall–Kier alpha value is -1.89. The molecule has 0 atom stereocenters. The van der Waals surface area contributed by atoms with Crippen molar-refractivity contribution in [2.24, 2.45) is 0 Å². The van der Waals surface area contributed by atoms with Crippen LogP contribution in [0.3, 0.4) is 0 Å². The van der Waals surface area contributed by atoms with Crippen molar-refractivity contribution in [1.29, 1.82) is 0 Å². The molecule has 3 rings (SSSR count). The monoisotopic (exact) mass is 363 g/mol. The number of hydrogen-bond donors (Lipinski definition) is 1. The largest absolute Gasteiger partial charge is 0.353 e. The van der Waals surface area contributed by atoms with Crippen LogP contribution in [0.1, 0.15) is 47.8 Å². The van der Waals surface area contributed by atoms with Gasteiger partial charge in [-0.2, -0.15) is 0 Å². The minimum absolute atomic E-state index is 0.0165. The molecular formula is C18H25N3O3S. The predicted molar refractivity (Wildman–Crippen MR) is 97.0 cm³/mol. The van der Waals surface area contributed by atoms with Crippen molar-refractivity contribution in [3.8, 4) is 0 Å². The highest BCUT2D eigenvalue weighted by molar-refractivity contribution is 7.12. The lowest BCUT2D eigenvalue weighted by Crippen LogP contribution is -2.50. The van der Waals surface area contributed by atoms with Crippen molar-refractivity contribution < 1.29 is 14.4 Å². The Morgan fingerprint density at radius 3 is 2.36 bits per heavy atom. The van der Waals surface area contributed by atoms with Crippen LogP contribution in [0.25, 0.3) is 0 Å². The van der Waals surface area contributed by atoms with Gasteiger partial charge in [-0.05, 0) is 49.6 Å². The van der Waals surface area contributed by atoms with Gasteiger partial charge in [0.25, 0.3) is 0 Å². The lowest BCUT2D eigenvalue weighted by Gasteiger charge is -2.34. The summed E-state index contributed by atoms with van der Waals surface area (Å²) in [5, 5.41) is 4.93. The maximum Gasteiger partial charge on any atom is 0.319 e. The van der Waals surface area contributed by atoms with Crippen LogP contribution >= 0.6 is 11.3 Å². The first-order valence-electron chi connectivity index (χ1n) is 8.94. The quantitative estimate of drug-likeness (QED) is 0.835. The third-order valence-corrected chi connectivity index (χ3v) is 5.95. The molecule has 0 unspecified atom stereocenters. The van der Waals surface area contributed by atoms with Gasteiger partial charge in [-0.1, -0.05) is 0 Å². The summed E-state index contributed by atoms with van der Waals surface area (Å²) in [6, 6.07) is 2.07. The number of hydrogen-bond acceptors (Lipinski definition) is 4. The van der Waals surface area contributed by atoms with Crippen LogP contribution in [-0.2, 0) is 11.2 Å². The lowest BCUT2D eigenvalue weighted by atomic mass is 10.0. The average molecular weight is 363 g/mol.